The van der Waals surface area contributed by atoms with Gasteiger partial charge in [-0.1, -0.05) is 0 Å². The molecular weight excluding hydrogens is 258 g/mol. The van der Waals surface area contributed by atoms with Crippen molar-refractivity contribution in [2.45, 2.75) is 20.8 Å². The molecule has 0 heterocycles. The maximum absolute atomic E-state index is 4.93. The third-order valence-electron chi connectivity index (χ3n) is 0.766. The van der Waals surface area contributed by atoms with E-state index >= 15 is 0 Å². The third kappa shape index (κ3) is 22.4. The molecule has 74 valence electrons. The topological polar surface area (TPSA) is 24.4 Å². The second-order valence-corrected chi connectivity index (χ2v) is 8.43. The predicted octanol–water partition coefficient (Wildman–Crippen LogP) is 3.26. The van der Waals surface area contributed by atoms with Gasteiger partial charge in [-0.05, 0) is 6.92 Å². The first-order valence-electron chi connectivity index (χ1n) is 3.13. The van der Waals surface area contributed by atoms with Crippen LogP contribution in [0, 0.1) is 6.04 Å². The van der Waals surface area contributed by atoms with Gasteiger partial charge >= 0.3 is 41.5 Å². The number of nitrogens with one attached hydrogen (secondary N) is 1. The zero-order chi connectivity index (χ0) is 10.1. The van der Waals surface area contributed by atoms with E-state index in [1.54, 1.807) is 7.05 Å². The number of amidine groups is 1. The van der Waals surface area contributed by atoms with Crippen LogP contribution in [-0.4, -0.2) is 12.9 Å². The van der Waals surface area contributed by atoms with E-state index in [0.29, 0.717) is 0 Å². The molecule has 1 N–H and O–H groups in total. The van der Waals surface area contributed by atoms with Crippen molar-refractivity contribution in [2.24, 2.45) is 4.99 Å². The van der Waals surface area contributed by atoms with E-state index in [1.807, 2.05) is 20.8 Å². The van der Waals surface area contributed by atoms with Crippen LogP contribution in [0.1, 0.15) is 20.8 Å². The first kappa shape index (κ1) is 15.3. The second kappa shape index (κ2) is 9.96. The van der Waals surface area contributed by atoms with Crippen molar-refractivity contribution < 1.29 is 11.4 Å². The van der Waals surface area contributed by atoms with E-state index in [2.05, 4.69) is 10.3 Å². The average Bonchev–Trinajstić information content (AvgIpc) is 1.84. The first-order chi connectivity index (χ1) is 5.40. The van der Waals surface area contributed by atoms with Crippen molar-refractivity contribution in [2.75, 3.05) is 7.05 Å². The van der Waals surface area contributed by atoms with Crippen molar-refractivity contribution in [3.63, 3.8) is 0 Å². The van der Waals surface area contributed by atoms with Crippen LogP contribution in [0.15, 0.2) is 4.99 Å². The average molecular weight is 272 g/mol. The van der Waals surface area contributed by atoms with E-state index in [0.717, 1.165) is 5.84 Å². The molecule has 0 aliphatic heterocycles. The van der Waals surface area contributed by atoms with Gasteiger partial charge in [-0.25, -0.2) is 6.04 Å². The molecule has 0 radical (unpaired) electrons. The summed E-state index contributed by atoms with van der Waals surface area (Å²) in [6.45, 7) is 5.95. The van der Waals surface area contributed by atoms with E-state index in [9.17, 15) is 0 Å². The molecular formula is C6H13Cl3CrN2. The summed E-state index contributed by atoms with van der Waals surface area (Å²) in [7, 11) is 16.6. The number of hydrogen-bond donors (Lipinski definition) is 1. The Morgan fingerprint density at radius 2 is 1.67 bits per heavy atom. The first-order valence-corrected chi connectivity index (χ1v) is 8.40. The summed E-state index contributed by atoms with van der Waals surface area (Å²) in [5.41, 5.74) is 0. The summed E-state index contributed by atoms with van der Waals surface area (Å²) in [5, 5.41) is 3.06. The fourth-order valence-corrected chi connectivity index (χ4v) is 0.418. The van der Waals surface area contributed by atoms with Crippen LogP contribution >= 0.6 is 30.1 Å². The van der Waals surface area contributed by atoms with Crippen molar-refractivity contribution >= 4 is 36.0 Å². The van der Waals surface area contributed by atoms with Crippen LogP contribution in [0.2, 0.25) is 0 Å². The van der Waals surface area contributed by atoms with Crippen LogP contribution in [-0.2, 0) is 11.4 Å². The van der Waals surface area contributed by atoms with Crippen molar-refractivity contribution in [3.05, 3.63) is 6.04 Å². The Morgan fingerprint density at radius 3 is 1.75 bits per heavy atom. The number of halogens is 3. The minimum atomic E-state index is -1.62. The number of aliphatic imine (C=N–C) groups is 1. The number of rotatable bonds is 1. The van der Waals surface area contributed by atoms with Crippen LogP contribution in [0.3, 0.4) is 0 Å². The summed E-state index contributed by atoms with van der Waals surface area (Å²) in [6, 6.07) is 1.17. The Morgan fingerprint density at radius 1 is 1.33 bits per heavy atom. The Kier molecular flexibility index (Phi) is 12.7. The molecule has 0 atom stereocenters. The van der Waals surface area contributed by atoms with Gasteiger partial charge in [-0.3, -0.25) is 4.99 Å². The Bertz CT molecular complexity index is 125. The monoisotopic (exact) mass is 270 g/mol. The molecule has 6 heteroatoms. The van der Waals surface area contributed by atoms with Crippen LogP contribution in [0.5, 0.6) is 0 Å². The van der Waals surface area contributed by atoms with Gasteiger partial charge in [-0.15, -0.1) is 0 Å². The molecule has 0 bridgehead atoms. The van der Waals surface area contributed by atoms with Gasteiger partial charge in [0.15, 0.2) is 0 Å². The zero-order valence-electron chi connectivity index (χ0n) is 7.49. The second-order valence-electron chi connectivity index (χ2n) is 2.11. The molecule has 0 spiro atoms. The summed E-state index contributed by atoms with van der Waals surface area (Å²) in [4.78, 5) is 3.91. The summed E-state index contributed by atoms with van der Waals surface area (Å²) in [5.74, 6) is 0.963. The molecule has 0 fully saturated rings. The molecule has 0 aromatic heterocycles. The fraction of sp³-hybridized carbons (Fsp3) is 0.667. The number of nitrogens with zero attached hydrogens (tertiary/aromatic N) is 1. The summed E-state index contributed by atoms with van der Waals surface area (Å²) < 4.78 is 0. The molecule has 0 aliphatic rings. The Labute approximate surface area is 91.3 Å². The summed E-state index contributed by atoms with van der Waals surface area (Å²) in [6.07, 6.45) is 0. The van der Waals surface area contributed by atoms with Gasteiger partial charge in [0.05, 0.1) is 5.84 Å². The van der Waals surface area contributed by atoms with Gasteiger partial charge in [0, 0.05) is 7.05 Å². The third-order valence-corrected chi connectivity index (χ3v) is 0.766. The van der Waals surface area contributed by atoms with Gasteiger partial charge in [0.1, 0.15) is 0 Å². The SMILES string of the molecule is CN=C(C)N[C-](C)C.[Cl][Cr+]([Cl])[Cl]. The van der Waals surface area contributed by atoms with E-state index in [1.165, 1.54) is 6.04 Å². The fourth-order valence-electron chi connectivity index (χ4n) is 0.418. The normalized spacial score (nSPS) is 11.2. The van der Waals surface area contributed by atoms with Gasteiger partial charge in [0.2, 0.25) is 0 Å². The van der Waals surface area contributed by atoms with Gasteiger partial charge in [0.25, 0.3) is 0 Å². The zero-order valence-corrected chi connectivity index (χ0v) is 11.0. The van der Waals surface area contributed by atoms with Gasteiger partial charge < -0.3 is 5.32 Å². The molecule has 0 aromatic carbocycles. The molecule has 0 aromatic rings. The van der Waals surface area contributed by atoms with Gasteiger partial charge in [-0.2, -0.15) is 13.8 Å². The van der Waals surface area contributed by atoms with Crippen LogP contribution < -0.4 is 5.32 Å². The molecule has 0 amide bonds. The number of hydrogen-bond acceptors (Lipinski definition) is 1. The Hall–Kier alpha value is 0.872. The van der Waals surface area contributed by atoms with Crippen molar-refractivity contribution in [1.29, 1.82) is 0 Å². The molecule has 12 heavy (non-hydrogen) atoms. The molecule has 2 nitrogen and oxygen atoms in total. The quantitative estimate of drug-likeness (QED) is 0.442. The molecule has 0 rings (SSSR count). The molecule has 0 unspecified atom stereocenters. The van der Waals surface area contributed by atoms with Crippen LogP contribution in [0.4, 0.5) is 0 Å². The van der Waals surface area contributed by atoms with Crippen molar-refractivity contribution in [3.8, 4) is 0 Å². The standard InChI is InChI=1S/C6H13N2.3ClH.Cr/c1-5(2)8-6(3)7-4;;;;/h1-4H3,(H,7,8);3*1H;/q-1;;;;+4/p-3. The van der Waals surface area contributed by atoms with E-state index < -0.39 is 11.4 Å². The maximum atomic E-state index is 4.93. The van der Waals surface area contributed by atoms with E-state index in [-0.39, 0.29) is 0 Å². The minimum absolute atomic E-state index is 0.963. The molecule has 0 aliphatic carbocycles. The Balaban J connectivity index is 0. The predicted molar refractivity (Wildman–Crippen MR) is 54.3 cm³/mol. The van der Waals surface area contributed by atoms with Crippen molar-refractivity contribution in [1.82, 2.24) is 5.32 Å². The van der Waals surface area contributed by atoms with Crippen LogP contribution in [0.25, 0.3) is 0 Å². The van der Waals surface area contributed by atoms with E-state index in [4.69, 9.17) is 30.1 Å². The molecule has 0 saturated carbocycles. The molecule has 0 saturated heterocycles. The summed E-state index contributed by atoms with van der Waals surface area (Å²) >= 11 is -1.62.